The molecule has 0 bridgehead atoms. The molecule has 1 saturated carbocycles. The number of carbonyl (C=O) groups excluding carboxylic acids is 1. The molecule has 1 atom stereocenters. The Morgan fingerprint density at radius 2 is 1.89 bits per heavy atom. The molecule has 1 aliphatic carbocycles. The van der Waals surface area contributed by atoms with Crippen molar-refractivity contribution in [1.29, 1.82) is 0 Å². The summed E-state index contributed by atoms with van der Waals surface area (Å²) in [5, 5.41) is 12.1. The third-order valence-corrected chi connectivity index (χ3v) is 5.64. The molecule has 1 aliphatic rings. The lowest BCUT2D eigenvalue weighted by Gasteiger charge is -2.14. The van der Waals surface area contributed by atoms with Gasteiger partial charge in [-0.05, 0) is 37.5 Å². The molecule has 4 rings (SSSR count). The van der Waals surface area contributed by atoms with Crippen molar-refractivity contribution in [2.24, 2.45) is 0 Å². The minimum Gasteiger partial charge on any atom is -0.349 e. The molecule has 3 aromatic rings. The van der Waals surface area contributed by atoms with Crippen LogP contribution in [0.1, 0.15) is 37.4 Å². The lowest BCUT2D eigenvalue weighted by Crippen LogP contribution is -2.28. The highest BCUT2D eigenvalue weighted by atomic mass is 32.2. The number of carbonyl (C=O) groups is 1. The maximum absolute atomic E-state index is 14.2. The first-order valence-electron chi connectivity index (χ1n) is 9.30. The average molecular weight is 396 g/mol. The minimum atomic E-state index is -0.317. The average Bonchev–Trinajstić information content (AvgIpc) is 3.47. The Morgan fingerprint density at radius 3 is 2.61 bits per heavy atom. The van der Waals surface area contributed by atoms with Crippen LogP contribution in [0.3, 0.4) is 0 Å². The number of thioether (sulfide) groups is 1. The Morgan fingerprint density at radius 1 is 1.18 bits per heavy atom. The van der Waals surface area contributed by atoms with Gasteiger partial charge >= 0.3 is 0 Å². The summed E-state index contributed by atoms with van der Waals surface area (Å²) in [6, 6.07) is 16.6. The first-order chi connectivity index (χ1) is 13.6. The first kappa shape index (κ1) is 18.7. The molecule has 0 aliphatic heterocycles. The van der Waals surface area contributed by atoms with Gasteiger partial charge in [-0.15, -0.1) is 10.2 Å². The SMILES string of the molecule is C[C@H](NC(=O)CSc1nnc(-c2ccccc2F)n1C1CC1)c1ccccc1. The number of hydrogen-bond donors (Lipinski definition) is 1. The van der Waals surface area contributed by atoms with E-state index >= 15 is 0 Å². The Balaban J connectivity index is 1.45. The molecule has 1 heterocycles. The first-order valence-corrected chi connectivity index (χ1v) is 10.3. The van der Waals surface area contributed by atoms with Crippen LogP contribution in [-0.2, 0) is 4.79 Å². The van der Waals surface area contributed by atoms with Crippen molar-refractivity contribution >= 4 is 17.7 Å². The smallest absolute Gasteiger partial charge is 0.230 e. The van der Waals surface area contributed by atoms with Crippen LogP contribution in [0.15, 0.2) is 59.8 Å². The summed E-state index contributed by atoms with van der Waals surface area (Å²) < 4.78 is 16.2. The molecule has 1 N–H and O–H groups in total. The van der Waals surface area contributed by atoms with Gasteiger partial charge in [0.2, 0.25) is 5.91 Å². The molecule has 1 fully saturated rings. The fourth-order valence-corrected chi connectivity index (χ4v) is 3.92. The van der Waals surface area contributed by atoms with Crippen molar-refractivity contribution < 1.29 is 9.18 Å². The van der Waals surface area contributed by atoms with E-state index in [1.807, 2.05) is 41.8 Å². The number of hydrogen-bond acceptors (Lipinski definition) is 4. The third-order valence-electron chi connectivity index (χ3n) is 4.70. The molecular formula is C21H21FN4OS. The standard InChI is InChI=1S/C21H21FN4OS/c1-14(15-7-3-2-4-8-15)23-19(27)13-28-21-25-24-20(26(21)16-11-12-16)17-9-5-6-10-18(17)22/h2-10,14,16H,11-13H2,1H3,(H,23,27)/t14-/m0/s1. The Kier molecular flexibility index (Phi) is 5.43. The van der Waals surface area contributed by atoms with Crippen molar-refractivity contribution in [1.82, 2.24) is 20.1 Å². The summed E-state index contributed by atoms with van der Waals surface area (Å²) in [6.07, 6.45) is 2.04. The molecule has 0 unspecified atom stereocenters. The van der Waals surface area contributed by atoms with Crippen LogP contribution in [0, 0.1) is 5.82 Å². The van der Waals surface area contributed by atoms with Crippen LogP contribution >= 0.6 is 11.8 Å². The summed E-state index contributed by atoms with van der Waals surface area (Å²) in [6.45, 7) is 1.96. The fourth-order valence-electron chi connectivity index (χ4n) is 3.10. The molecular weight excluding hydrogens is 375 g/mol. The quantitative estimate of drug-likeness (QED) is 0.602. The van der Waals surface area contributed by atoms with Crippen molar-refractivity contribution in [3.8, 4) is 11.4 Å². The number of nitrogens with zero attached hydrogens (tertiary/aromatic N) is 3. The van der Waals surface area contributed by atoms with Crippen molar-refractivity contribution in [3.05, 3.63) is 66.0 Å². The van der Waals surface area contributed by atoms with Gasteiger partial charge in [0.25, 0.3) is 0 Å². The van der Waals surface area contributed by atoms with Crippen LogP contribution in [0.2, 0.25) is 0 Å². The van der Waals surface area contributed by atoms with Gasteiger partial charge in [-0.2, -0.15) is 0 Å². The molecule has 0 radical (unpaired) electrons. The normalized spacial score (nSPS) is 14.6. The number of rotatable bonds is 7. The van der Waals surface area contributed by atoms with E-state index in [2.05, 4.69) is 15.5 Å². The van der Waals surface area contributed by atoms with Crippen LogP contribution in [0.5, 0.6) is 0 Å². The zero-order valence-corrected chi connectivity index (χ0v) is 16.3. The lowest BCUT2D eigenvalue weighted by molar-refractivity contribution is -0.119. The van der Waals surface area contributed by atoms with Crippen LogP contribution in [-0.4, -0.2) is 26.4 Å². The molecule has 5 nitrogen and oxygen atoms in total. The van der Waals surface area contributed by atoms with Gasteiger partial charge in [0, 0.05) is 6.04 Å². The third kappa shape index (κ3) is 4.09. The maximum Gasteiger partial charge on any atom is 0.230 e. The second-order valence-electron chi connectivity index (χ2n) is 6.88. The van der Waals surface area contributed by atoms with Gasteiger partial charge in [0.15, 0.2) is 11.0 Å². The fraction of sp³-hybridized carbons (Fsp3) is 0.286. The largest absolute Gasteiger partial charge is 0.349 e. The Labute approximate surface area is 167 Å². The molecule has 1 amide bonds. The van der Waals surface area contributed by atoms with E-state index < -0.39 is 0 Å². The zero-order chi connectivity index (χ0) is 19.5. The molecule has 28 heavy (non-hydrogen) atoms. The van der Waals surface area contributed by atoms with Gasteiger partial charge in [0.05, 0.1) is 17.4 Å². The maximum atomic E-state index is 14.2. The van der Waals surface area contributed by atoms with Crippen LogP contribution < -0.4 is 5.32 Å². The number of aromatic nitrogens is 3. The van der Waals surface area contributed by atoms with Gasteiger partial charge in [-0.25, -0.2) is 4.39 Å². The highest BCUT2D eigenvalue weighted by molar-refractivity contribution is 7.99. The summed E-state index contributed by atoms with van der Waals surface area (Å²) in [4.78, 5) is 12.4. The monoisotopic (exact) mass is 396 g/mol. The van der Waals surface area contributed by atoms with E-state index in [0.717, 1.165) is 18.4 Å². The number of benzene rings is 2. The predicted molar refractivity (Wildman–Crippen MR) is 107 cm³/mol. The lowest BCUT2D eigenvalue weighted by atomic mass is 10.1. The summed E-state index contributed by atoms with van der Waals surface area (Å²) in [7, 11) is 0. The van der Waals surface area contributed by atoms with E-state index in [1.54, 1.807) is 18.2 Å². The Bertz CT molecular complexity index is 972. The van der Waals surface area contributed by atoms with E-state index in [-0.39, 0.29) is 29.6 Å². The van der Waals surface area contributed by atoms with Gasteiger partial charge < -0.3 is 5.32 Å². The second kappa shape index (κ2) is 8.14. The van der Waals surface area contributed by atoms with Crippen LogP contribution in [0.4, 0.5) is 4.39 Å². The van der Waals surface area contributed by atoms with E-state index in [0.29, 0.717) is 16.5 Å². The summed E-state index contributed by atoms with van der Waals surface area (Å²) >= 11 is 1.34. The van der Waals surface area contributed by atoms with E-state index in [4.69, 9.17) is 0 Å². The summed E-state index contributed by atoms with van der Waals surface area (Å²) in [5.74, 6) is 0.377. The highest BCUT2D eigenvalue weighted by Gasteiger charge is 2.31. The molecule has 1 aromatic heterocycles. The Hall–Kier alpha value is -2.67. The number of amides is 1. The molecule has 2 aromatic carbocycles. The van der Waals surface area contributed by atoms with Gasteiger partial charge in [-0.1, -0.05) is 54.2 Å². The number of halogens is 1. The van der Waals surface area contributed by atoms with Gasteiger partial charge in [-0.3, -0.25) is 9.36 Å². The number of nitrogens with one attached hydrogen (secondary N) is 1. The molecule has 0 saturated heterocycles. The zero-order valence-electron chi connectivity index (χ0n) is 15.5. The van der Waals surface area contributed by atoms with Crippen molar-refractivity contribution in [2.75, 3.05) is 5.75 Å². The molecule has 7 heteroatoms. The van der Waals surface area contributed by atoms with Gasteiger partial charge in [0.1, 0.15) is 5.82 Å². The van der Waals surface area contributed by atoms with E-state index in [9.17, 15) is 9.18 Å². The topological polar surface area (TPSA) is 59.8 Å². The second-order valence-corrected chi connectivity index (χ2v) is 7.82. The summed E-state index contributed by atoms with van der Waals surface area (Å²) in [5.41, 5.74) is 1.50. The van der Waals surface area contributed by atoms with Crippen LogP contribution in [0.25, 0.3) is 11.4 Å². The molecule has 0 spiro atoms. The predicted octanol–water partition coefficient (Wildman–Crippen LogP) is 4.39. The van der Waals surface area contributed by atoms with Crippen molar-refractivity contribution in [3.63, 3.8) is 0 Å². The van der Waals surface area contributed by atoms with Crippen molar-refractivity contribution in [2.45, 2.75) is 37.0 Å². The van der Waals surface area contributed by atoms with E-state index in [1.165, 1.54) is 17.8 Å². The minimum absolute atomic E-state index is 0.0652. The molecule has 144 valence electrons. The highest BCUT2D eigenvalue weighted by Crippen LogP contribution is 2.41.